The van der Waals surface area contributed by atoms with Crippen molar-refractivity contribution in [1.82, 2.24) is 4.90 Å². The van der Waals surface area contributed by atoms with Crippen LogP contribution in [0.25, 0.3) is 0 Å². The van der Waals surface area contributed by atoms with E-state index in [1.807, 2.05) is 12.2 Å². The van der Waals surface area contributed by atoms with E-state index in [4.69, 9.17) is 19.9 Å². The monoisotopic (exact) mass is 296 g/mol. The molecule has 0 spiro atoms. The van der Waals surface area contributed by atoms with Gasteiger partial charge in [-0.05, 0) is 37.6 Å². The van der Waals surface area contributed by atoms with Gasteiger partial charge in [-0.15, -0.1) is 0 Å². The van der Waals surface area contributed by atoms with E-state index in [1.54, 1.807) is 7.11 Å². The molecule has 0 aromatic heterocycles. The predicted octanol–water partition coefficient (Wildman–Crippen LogP) is 2.02. The van der Waals surface area contributed by atoms with E-state index >= 15 is 0 Å². The second kappa shape index (κ2) is 11.2. The molecule has 0 radical (unpaired) electrons. The maximum Gasteiger partial charge on any atom is 0.135 e. The molecule has 1 rings (SSSR count). The standard InChI is InChI=1S/C16H28N2O3/c1-15(21-14-13-20-12-11-19-2)16(17)7-6-10-18-8-4-3-5-9-18/h6-7,10H,1,3-5,8-9,11-14,17H2,2H3/b10-6+,16-7-. The number of ether oxygens (including phenoxy) is 3. The van der Waals surface area contributed by atoms with Crippen molar-refractivity contribution in [3.05, 3.63) is 36.4 Å². The molecule has 21 heavy (non-hydrogen) atoms. The zero-order chi connectivity index (χ0) is 15.3. The third-order valence-corrected chi connectivity index (χ3v) is 3.22. The summed E-state index contributed by atoms with van der Waals surface area (Å²) < 4.78 is 15.6. The Morgan fingerprint density at radius 2 is 1.86 bits per heavy atom. The molecular formula is C16H28N2O3. The van der Waals surface area contributed by atoms with Gasteiger partial charge in [0, 0.05) is 20.2 Å². The van der Waals surface area contributed by atoms with Gasteiger partial charge in [0.2, 0.25) is 0 Å². The molecule has 0 atom stereocenters. The topological polar surface area (TPSA) is 57.0 Å². The Kier molecular flexibility index (Phi) is 9.40. The Balaban J connectivity index is 2.16. The van der Waals surface area contributed by atoms with Gasteiger partial charge in [-0.25, -0.2) is 0 Å². The van der Waals surface area contributed by atoms with Crippen LogP contribution < -0.4 is 5.73 Å². The van der Waals surface area contributed by atoms with Crippen LogP contribution in [0.15, 0.2) is 36.4 Å². The quantitative estimate of drug-likeness (QED) is 0.380. The highest BCUT2D eigenvalue weighted by atomic mass is 16.5. The minimum atomic E-state index is 0.437. The fraction of sp³-hybridized carbons (Fsp3) is 0.625. The van der Waals surface area contributed by atoms with Crippen molar-refractivity contribution in [2.75, 3.05) is 46.6 Å². The minimum absolute atomic E-state index is 0.437. The normalized spacial score (nSPS) is 16.4. The number of hydrogen-bond donors (Lipinski definition) is 1. The van der Waals surface area contributed by atoms with Gasteiger partial charge < -0.3 is 24.8 Å². The fourth-order valence-corrected chi connectivity index (χ4v) is 1.98. The first-order chi connectivity index (χ1) is 10.2. The molecule has 1 heterocycles. The van der Waals surface area contributed by atoms with Gasteiger partial charge in [-0.1, -0.05) is 6.58 Å². The maximum atomic E-state index is 5.90. The number of piperidine rings is 1. The van der Waals surface area contributed by atoms with Crippen LogP contribution in [0.2, 0.25) is 0 Å². The smallest absolute Gasteiger partial charge is 0.135 e. The number of nitrogens with zero attached hydrogens (tertiary/aromatic N) is 1. The van der Waals surface area contributed by atoms with Crippen LogP contribution in [0.4, 0.5) is 0 Å². The largest absolute Gasteiger partial charge is 0.490 e. The average molecular weight is 296 g/mol. The van der Waals surface area contributed by atoms with E-state index < -0.39 is 0 Å². The van der Waals surface area contributed by atoms with Gasteiger partial charge in [0.1, 0.15) is 12.4 Å². The van der Waals surface area contributed by atoms with E-state index in [1.165, 1.54) is 19.3 Å². The number of rotatable bonds is 10. The van der Waals surface area contributed by atoms with Crippen molar-refractivity contribution in [3.8, 4) is 0 Å². The van der Waals surface area contributed by atoms with Crippen LogP contribution in [-0.4, -0.2) is 51.5 Å². The molecule has 0 unspecified atom stereocenters. The van der Waals surface area contributed by atoms with Crippen LogP contribution in [-0.2, 0) is 14.2 Å². The molecule has 1 saturated heterocycles. The molecule has 0 aromatic carbocycles. The zero-order valence-corrected chi connectivity index (χ0v) is 13.1. The molecule has 1 aliphatic rings. The lowest BCUT2D eigenvalue weighted by atomic mass is 10.1. The number of allylic oxidation sites excluding steroid dienone is 2. The number of likely N-dealkylation sites (tertiary alicyclic amines) is 1. The van der Waals surface area contributed by atoms with E-state index in [2.05, 4.69) is 17.7 Å². The lowest BCUT2D eigenvalue weighted by Crippen LogP contribution is -2.24. The summed E-state index contributed by atoms with van der Waals surface area (Å²) in [6, 6.07) is 0. The van der Waals surface area contributed by atoms with Crippen molar-refractivity contribution in [2.24, 2.45) is 5.73 Å². The molecule has 2 N–H and O–H groups in total. The van der Waals surface area contributed by atoms with E-state index in [0.29, 0.717) is 37.9 Å². The lowest BCUT2D eigenvalue weighted by Gasteiger charge is -2.24. The van der Waals surface area contributed by atoms with Crippen LogP contribution in [0.3, 0.4) is 0 Å². The Morgan fingerprint density at radius 3 is 2.57 bits per heavy atom. The molecule has 0 bridgehead atoms. The third kappa shape index (κ3) is 8.42. The van der Waals surface area contributed by atoms with Crippen molar-refractivity contribution < 1.29 is 14.2 Å². The van der Waals surface area contributed by atoms with Gasteiger partial charge in [-0.2, -0.15) is 0 Å². The molecule has 120 valence electrons. The molecule has 5 heteroatoms. The van der Waals surface area contributed by atoms with Crippen molar-refractivity contribution in [1.29, 1.82) is 0 Å². The summed E-state index contributed by atoms with van der Waals surface area (Å²) in [5.74, 6) is 0.480. The van der Waals surface area contributed by atoms with E-state index in [0.717, 1.165) is 13.1 Å². The molecule has 0 aliphatic carbocycles. The summed E-state index contributed by atoms with van der Waals surface area (Å²) in [6.45, 7) is 8.15. The van der Waals surface area contributed by atoms with Crippen LogP contribution in [0, 0.1) is 0 Å². The summed E-state index contributed by atoms with van der Waals surface area (Å²) in [6.07, 6.45) is 9.71. The molecule has 1 aliphatic heterocycles. The van der Waals surface area contributed by atoms with Crippen LogP contribution in [0.5, 0.6) is 0 Å². The van der Waals surface area contributed by atoms with Gasteiger partial charge in [0.25, 0.3) is 0 Å². The zero-order valence-electron chi connectivity index (χ0n) is 13.1. The second-order valence-corrected chi connectivity index (χ2v) is 4.94. The number of nitrogens with two attached hydrogens (primary N) is 1. The number of methoxy groups -OCH3 is 1. The first-order valence-electron chi connectivity index (χ1n) is 7.51. The summed E-state index contributed by atoms with van der Waals surface area (Å²) in [7, 11) is 1.64. The summed E-state index contributed by atoms with van der Waals surface area (Å²) in [5.41, 5.74) is 6.44. The lowest BCUT2D eigenvalue weighted by molar-refractivity contribution is 0.0427. The summed E-state index contributed by atoms with van der Waals surface area (Å²) in [5, 5.41) is 0. The third-order valence-electron chi connectivity index (χ3n) is 3.22. The van der Waals surface area contributed by atoms with E-state index in [9.17, 15) is 0 Å². The van der Waals surface area contributed by atoms with E-state index in [-0.39, 0.29) is 0 Å². The SMILES string of the molecule is C=C(OCCOCCOC)/C(N)=C/C=C/N1CCCCC1. The minimum Gasteiger partial charge on any atom is -0.490 e. The van der Waals surface area contributed by atoms with Gasteiger partial charge in [0.05, 0.1) is 25.5 Å². The highest BCUT2D eigenvalue weighted by molar-refractivity contribution is 5.24. The molecule has 0 aromatic rings. The van der Waals surface area contributed by atoms with Crippen molar-refractivity contribution in [3.63, 3.8) is 0 Å². The first-order valence-corrected chi connectivity index (χ1v) is 7.51. The highest BCUT2D eigenvalue weighted by Gasteiger charge is 2.04. The molecule has 5 nitrogen and oxygen atoms in total. The van der Waals surface area contributed by atoms with Crippen LogP contribution in [0.1, 0.15) is 19.3 Å². The number of hydrogen-bond acceptors (Lipinski definition) is 5. The average Bonchev–Trinajstić information content (AvgIpc) is 2.51. The highest BCUT2D eigenvalue weighted by Crippen LogP contribution is 2.09. The Labute approximate surface area is 128 Å². The molecule has 0 saturated carbocycles. The first kappa shape index (κ1) is 17.6. The molecule has 0 amide bonds. The predicted molar refractivity (Wildman–Crippen MR) is 84.6 cm³/mol. The van der Waals surface area contributed by atoms with Crippen LogP contribution >= 0.6 is 0 Å². The summed E-state index contributed by atoms with van der Waals surface area (Å²) in [4.78, 5) is 2.31. The van der Waals surface area contributed by atoms with Gasteiger partial charge in [0.15, 0.2) is 0 Å². The van der Waals surface area contributed by atoms with Gasteiger partial charge >= 0.3 is 0 Å². The Bertz CT molecular complexity index is 347. The fourth-order valence-electron chi connectivity index (χ4n) is 1.98. The maximum absolute atomic E-state index is 5.90. The summed E-state index contributed by atoms with van der Waals surface area (Å²) >= 11 is 0. The van der Waals surface area contributed by atoms with Crippen molar-refractivity contribution in [2.45, 2.75) is 19.3 Å². The van der Waals surface area contributed by atoms with Gasteiger partial charge in [-0.3, -0.25) is 0 Å². The molecular weight excluding hydrogens is 268 g/mol. The van der Waals surface area contributed by atoms with Crippen molar-refractivity contribution >= 4 is 0 Å². The Morgan fingerprint density at radius 1 is 1.14 bits per heavy atom. The molecule has 1 fully saturated rings. The Hall–Kier alpha value is -1.46. The second-order valence-electron chi connectivity index (χ2n) is 4.94.